The molecule has 0 amide bonds. The maximum absolute atomic E-state index is 6.78. The first kappa shape index (κ1) is 30.6. The zero-order valence-electron chi connectivity index (χ0n) is 23.8. The molecule has 0 N–H and O–H groups in total. The maximum Gasteiger partial charge on any atom is 0.192 e. The highest BCUT2D eigenvalue weighted by Gasteiger charge is 2.40. The van der Waals surface area contributed by atoms with Gasteiger partial charge < -0.3 is 13.6 Å². The minimum absolute atomic E-state index is 0.142. The van der Waals surface area contributed by atoms with Crippen molar-refractivity contribution in [1.29, 1.82) is 0 Å². The number of ether oxygens (including phenoxy) is 1. The van der Waals surface area contributed by atoms with Gasteiger partial charge in [0, 0.05) is 18.6 Å². The normalized spacial score (nSPS) is 22.3. The number of hydrogen-bond donors (Lipinski definition) is 0. The first-order chi connectivity index (χ1) is 14.9. The molecule has 0 aromatic carbocycles. The molecule has 33 heavy (non-hydrogen) atoms. The lowest BCUT2D eigenvalue weighted by molar-refractivity contribution is 0.0306. The van der Waals surface area contributed by atoms with Crippen molar-refractivity contribution in [3.63, 3.8) is 0 Å². The van der Waals surface area contributed by atoms with Crippen LogP contribution in [0.4, 0.5) is 0 Å². The van der Waals surface area contributed by atoms with Crippen molar-refractivity contribution >= 4 is 16.6 Å². The fourth-order valence-corrected chi connectivity index (χ4v) is 6.20. The summed E-state index contributed by atoms with van der Waals surface area (Å²) in [6.07, 6.45) is 12.2. The first-order valence-electron chi connectivity index (χ1n) is 13.0. The van der Waals surface area contributed by atoms with E-state index in [0.29, 0.717) is 0 Å². The fourth-order valence-electron chi connectivity index (χ4n) is 3.72. The van der Waals surface area contributed by atoms with Crippen LogP contribution in [0.15, 0.2) is 12.2 Å². The average molecular weight is 495 g/mol. The van der Waals surface area contributed by atoms with E-state index in [2.05, 4.69) is 87.2 Å². The predicted molar refractivity (Wildman–Crippen MR) is 149 cm³/mol. The van der Waals surface area contributed by atoms with Crippen LogP contribution in [0, 0.1) is 18.3 Å². The molecule has 1 aliphatic heterocycles. The van der Waals surface area contributed by atoms with Crippen molar-refractivity contribution in [2.75, 3.05) is 6.61 Å². The lowest BCUT2D eigenvalue weighted by Gasteiger charge is -2.40. The van der Waals surface area contributed by atoms with Crippen LogP contribution in [0.5, 0.6) is 0 Å². The van der Waals surface area contributed by atoms with Gasteiger partial charge in [0.15, 0.2) is 16.6 Å². The molecule has 1 rings (SSSR count). The van der Waals surface area contributed by atoms with Crippen molar-refractivity contribution in [1.82, 2.24) is 0 Å². The summed E-state index contributed by atoms with van der Waals surface area (Å²) in [6.45, 7) is 30.3. The minimum Gasteiger partial charge on any atom is -0.417 e. The van der Waals surface area contributed by atoms with E-state index in [1.165, 1.54) is 5.57 Å². The van der Waals surface area contributed by atoms with E-state index in [-0.39, 0.29) is 34.3 Å². The zero-order valence-corrected chi connectivity index (χ0v) is 25.8. The third kappa shape index (κ3) is 9.65. The molecular weight excluding hydrogens is 440 g/mol. The van der Waals surface area contributed by atoms with Crippen molar-refractivity contribution in [2.45, 2.75) is 142 Å². The molecule has 1 heterocycles. The molecular formula is C28H54O3Si2. The Hall–Kier alpha value is -0.386. The molecule has 0 aliphatic carbocycles. The summed E-state index contributed by atoms with van der Waals surface area (Å²) in [5, 5.41) is 0.450. The van der Waals surface area contributed by atoms with Crippen LogP contribution in [0.25, 0.3) is 0 Å². The summed E-state index contributed by atoms with van der Waals surface area (Å²) >= 11 is 0. The largest absolute Gasteiger partial charge is 0.417 e. The van der Waals surface area contributed by atoms with Gasteiger partial charge >= 0.3 is 0 Å². The van der Waals surface area contributed by atoms with Crippen LogP contribution < -0.4 is 0 Å². The van der Waals surface area contributed by atoms with Crippen LogP contribution in [0.3, 0.4) is 0 Å². The molecule has 1 fully saturated rings. The van der Waals surface area contributed by atoms with Crippen LogP contribution in [0.2, 0.25) is 36.3 Å². The quantitative estimate of drug-likeness (QED) is 0.118. The van der Waals surface area contributed by atoms with Crippen LogP contribution in [0.1, 0.15) is 87.0 Å². The van der Waals surface area contributed by atoms with Gasteiger partial charge in [-0.15, -0.1) is 12.3 Å². The third-order valence-corrected chi connectivity index (χ3v) is 17.2. The van der Waals surface area contributed by atoms with E-state index in [0.717, 1.165) is 45.1 Å². The van der Waals surface area contributed by atoms with Crippen LogP contribution in [-0.4, -0.2) is 41.6 Å². The lowest BCUT2D eigenvalue weighted by Crippen LogP contribution is -2.44. The zero-order chi connectivity index (χ0) is 25.7. The summed E-state index contributed by atoms with van der Waals surface area (Å²) in [4.78, 5) is 0. The molecule has 2 unspecified atom stereocenters. The van der Waals surface area contributed by atoms with Crippen molar-refractivity contribution in [3.8, 4) is 12.3 Å². The highest BCUT2D eigenvalue weighted by Crippen LogP contribution is 2.39. The molecule has 5 heteroatoms. The smallest absolute Gasteiger partial charge is 0.192 e. The Balaban J connectivity index is 2.57. The van der Waals surface area contributed by atoms with Gasteiger partial charge in [-0.1, -0.05) is 55.0 Å². The van der Waals surface area contributed by atoms with E-state index >= 15 is 0 Å². The molecule has 0 radical (unpaired) electrons. The van der Waals surface area contributed by atoms with Gasteiger partial charge in [0.05, 0.1) is 12.2 Å². The van der Waals surface area contributed by atoms with Gasteiger partial charge in [-0.3, -0.25) is 0 Å². The highest BCUT2D eigenvalue weighted by atomic mass is 28.4. The maximum atomic E-state index is 6.78. The van der Waals surface area contributed by atoms with Gasteiger partial charge in [0.1, 0.15) is 0 Å². The standard InChI is InChI=1S/C28H54O3Si2/c1-14-22(2)20-25(31-33(12,13)28(7,8)9)17-18-26-23(3)21-24(30-26)16-15-19-29-32(10,11)27(4,5)6/h1,22,24-26H,3,15-21H2,2,4-13H3/t22?,24-,25?,26-/m0/s1. The molecule has 4 atom stereocenters. The molecule has 0 saturated carbocycles. The monoisotopic (exact) mass is 494 g/mol. The summed E-state index contributed by atoms with van der Waals surface area (Å²) in [5.41, 5.74) is 1.24. The molecule has 192 valence electrons. The van der Waals surface area contributed by atoms with E-state index in [1.54, 1.807) is 0 Å². The molecule has 0 bridgehead atoms. The molecule has 1 aliphatic rings. The second-order valence-electron chi connectivity index (χ2n) is 13.2. The van der Waals surface area contributed by atoms with Crippen molar-refractivity contribution in [2.24, 2.45) is 5.92 Å². The summed E-state index contributed by atoms with van der Waals surface area (Å²) in [6, 6.07) is 0. The van der Waals surface area contributed by atoms with Gasteiger partial charge in [-0.25, -0.2) is 0 Å². The molecule has 1 saturated heterocycles. The highest BCUT2D eigenvalue weighted by molar-refractivity contribution is 6.74. The van der Waals surface area contributed by atoms with E-state index in [1.807, 2.05) is 0 Å². The molecule has 0 aromatic heterocycles. The fraction of sp³-hybridized carbons (Fsp3) is 0.857. The third-order valence-electron chi connectivity index (χ3n) is 8.16. The second kappa shape index (κ2) is 12.0. The van der Waals surface area contributed by atoms with Crippen LogP contribution >= 0.6 is 0 Å². The number of rotatable bonds is 12. The Morgan fingerprint density at radius 1 is 1.06 bits per heavy atom. The van der Waals surface area contributed by atoms with Gasteiger partial charge in [0.25, 0.3) is 0 Å². The van der Waals surface area contributed by atoms with Gasteiger partial charge in [0.2, 0.25) is 0 Å². The topological polar surface area (TPSA) is 27.7 Å². The molecule has 3 nitrogen and oxygen atoms in total. The number of terminal acetylenes is 1. The van der Waals surface area contributed by atoms with Crippen LogP contribution in [-0.2, 0) is 13.6 Å². The summed E-state index contributed by atoms with van der Waals surface area (Å²) in [7, 11) is -3.52. The van der Waals surface area contributed by atoms with E-state index in [4.69, 9.17) is 20.0 Å². The molecule has 0 spiro atoms. The van der Waals surface area contributed by atoms with E-state index < -0.39 is 16.6 Å². The Labute approximate surface area is 208 Å². The van der Waals surface area contributed by atoms with Crippen molar-refractivity contribution in [3.05, 3.63) is 12.2 Å². The SMILES string of the molecule is C#CC(C)CC(CC[C@@H]1O[C@@H](CCCO[Si](C)(C)C(C)(C)C)CC1=C)O[Si](C)(C)C(C)(C)C. The minimum atomic E-state index is -1.85. The van der Waals surface area contributed by atoms with Gasteiger partial charge in [-0.2, -0.15) is 0 Å². The summed E-state index contributed by atoms with van der Waals surface area (Å²) in [5.74, 6) is 3.11. The predicted octanol–water partition coefficient (Wildman–Crippen LogP) is 8.33. The Kier molecular flexibility index (Phi) is 11.2. The average Bonchev–Trinajstić information content (AvgIpc) is 3.00. The Morgan fingerprint density at radius 2 is 1.64 bits per heavy atom. The molecule has 0 aromatic rings. The van der Waals surface area contributed by atoms with E-state index in [9.17, 15) is 0 Å². The Bertz CT molecular complexity index is 664. The number of hydrogen-bond acceptors (Lipinski definition) is 3. The second-order valence-corrected chi connectivity index (χ2v) is 22.8. The Morgan fingerprint density at radius 3 is 2.15 bits per heavy atom. The summed E-state index contributed by atoms with van der Waals surface area (Å²) < 4.78 is 19.5. The van der Waals surface area contributed by atoms with Crippen molar-refractivity contribution < 1.29 is 13.6 Å². The lowest BCUT2D eigenvalue weighted by atomic mass is 9.97. The first-order valence-corrected chi connectivity index (χ1v) is 18.8. The van der Waals surface area contributed by atoms with Gasteiger partial charge in [-0.05, 0) is 80.4 Å².